The Morgan fingerprint density at radius 1 is 1.41 bits per heavy atom. The summed E-state index contributed by atoms with van der Waals surface area (Å²) in [6.45, 7) is 4.26. The van der Waals surface area contributed by atoms with Crippen LogP contribution in [0.3, 0.4) is 0 Å². The summed E-state index contributed by atoms with van der Waals surface area (Å²) in [6.07, 6.45) is 2.85. The van der Waals surface area contributed by atoms with Gasteiger partial charge in [-0.25, -0.2) is 5.48 Å². The van der Waals surface area contributed by atoms with Crippen LogP contribution < -0.4 is 10.8 Å². The average Bonchev–Trinajstić information content (AvgIpc) is 2.96. The molecule has 0 radical (unpaired) electrons. The SMILES string of the molecule is CC1(C)OC[C@H](CONC(=O)c2ccncc2Nc2ccc(I)cc2Cl)O1. The molecule has 3 rings (SSSR count). The summed E-state index contributed by atoms with van der Waals surface area (Å²) in [4.78, 5) is 21.8. The molecule has 1 amide bonds. The maximum atomic E-state index is 12.5. The van der Waals surface area contributed by atoms with Crippen molar-refractivity contribution in [1.82, 2.24) is 10.5 Å². The highest BCUT2D eigenvalue weighted by molar-refractivity contribution is 14.1. The van der Waals surface area contributed by atoms with Crippen LogP contribution in [0.1, 0.15) is 24.2 Å². The fraction of sp³-hybridized carbons (Fsp3) is 0.333. The van der Waals surface area contributed by atoms with Crippen LogP contribution in [-0.4, -0.2) is 36.0 Å². The first-order valence-electron chi connectivity index (χ1n) is 8.24. The molecule has 27 heavy (non-hydrogen) atoms. The van der Waals surface area contributed by atoms with Gasteiger partial charge in [-0.15, -0.1) is 0 Å². The Morgan fingerprint density at radius 3 is 2.93 bits per heavy atom. The molecule has 1 aromatic heterocycles. The first-order valence-corrected chi connectivity index (χ1v) is 9.70. The van der Waals surface area contributed by atoms with E-state index >= 15 is 0 Å². The molecule has 0 unspecified atom stereocenters. The van der Waals surface area contributed by atoms with E-state index in [-0.39, 0.29) is 12.7 Å². The molecule has 1 aliphatic rings. The van der Waals surface area contributed by atoms with E-state index in [2.05, 4.69) is 38.4 Å². The minimum absolute atomic E-state index is 0.186. The largest absolute Gasteiger partial charge is 0.352 e. The van der Waals surface area contributed by atoms with Crippen LogP contribution in [-0.2, 0) is 14.3 Å². The summed E-state index contributed by atoms with van der Waals surface area (Å²) >= 11 is 8.43. The number of benzene rings is 1. The first-order chi connectivity index (χ1) is 12.8. The number of halogens is 2. The lowest BCUT2D eigenvalue weighted by atomic mass is 10.2. The van der Waals surface area contributed by atoms with E-state index in [1.807, 2.05) is 32.0 Å². The van der Waals surface area contributed by atoms with Crippen molar-refractivity contribution in [2.75, 3.05) is 18.5 Å². The third-order valence-corrected chi connectivity index (χ3v) is 4.75. The molecule has 7 nitrogen and oxygen atoms in total. The highest BCUT2D eigenvalue weighted by atomic mass is 127. The lowest BCUT2D eigenvalue weighted by Gasteiger charge is -2.17. The van der Waals surface area contributed by atoms with Gasteiger partial charge in [0.1, 0.15) is 12.7 Å². The minimum atomic E-state index is -0.632. The van der Waals surface area contributed by atoms with Crippen molar-refractivity contribution in [3.8, 4) is 0 Å². The molecule has 0 bridgehead atoms. The fourth-order valence-electron chi connectivity index (χ4n) is 2.53. The second kappa shape index (κ2) is 8.70. The molecule has 1 aliphatic heterocycles. The second-order valence-corrected chi connectivity index (χ2v) is 8.02. The van der Waals surface area contributed by atoms with Gasteiger partial charge in [0.2, 0.25) is 0 Å². The summed E-state index contributed by atoms with van der Waals surface area (Å²) in [5.74, 6) is -1.03. The Labute approximate surface area is 175 Å². The van der Waals surface area contributed by atoms with Crippen LogP contribution in [0.4, 0.5) is 11.4 Å². The number of carbonyl (C=O) groups is 1. The smallest absolute Gasteiger partial charge is 0.277 e. The van der Waals surface area contributed by atoms with E-state index in [4.69, 9.17) is 25.9 Å². The summed E-state index contributed by atoms with van der Waals surface area (Å²) < 4.78 is 12.1. The van der Waals surface area contributed by atoms with Crippen LogP contribution >= 0.6 is 34.2 Å². The van der Waals surface area contributed by atoms with Crippen molar-refractivity contribution in [1.29, 1.82) is 0 Å². The molecule has 144 valence electrons. The van der Waals surface area contributed by atoms with Gasteiger partial charge in [-0.1, -0.05) is 11.6 Å². The maximum Gasteiger partial charge on any atom is 0.277 e. The Morgan fingerprint density at radius 2 is 2.22 bits per heavy atom. The van der Waals surface area contributed by atoms with Crippen molar-refractivity contribution in [3.63, 3.8) is 0 Å². The van der Waals surface area contributed by atoms with Crippen molar-refractivity contribution >= 4 is 51.5 Å². The number of hydrogen-bond donors (Lipinski definition) is 2. The molecule has 0 aliphatic carbocycles. The molecule has 1 saturated heterocycles. The van der Waals surface area contributed by atoms with E-state index < -0.39 is 11.7 Å². The Hall–Kier alpha value is -1.46. The van der Waals surface area contributed by atoms with Gasteiger partial charge in [0.15, 0.2) is 5.79 Å². The summed E-state index contributed by atoms with van der Waals surface area (Å²) in [7, 11) is 0. The van der Waals surface area contributed by atoms with E-state index in [9.17, 15) is 4.79 Å². The molecule has 2 heterocycles. The lowest BCUT2D eigenvalue weighted by molar-refractivity contribution is -0.147. The minimum Gasteiger partial charge on any atom is -0.352 e. The fourth-order valence-corrected chi connectivity index (χ4v) is 3.43. The van der Waals surface area contributed by atoms with Crippen LogP contribution in [0.25, 0.3) is 0 Å². The second-order valence-electron chi connectivity index (χ2n) is 6.36. The van der Waals surface area contributed by atoms with Gasteiger partial charge >= 0.3 is 0 Å². The number of anilines is 2. The topological polar surface area (TPSA) is 81.7 Å². The zero-order valence-electron chi connectivity index (χ0n) is 14.8. The maximum absolute atomic E-state index is 12.5. The number of nitrogens with zero attached hydrogens (tertiary/aromatic N) is 1. The molecule has 0 saturated carbocycles. The molecule has 1 fully saturated rings. The van der Waals surface area contributed by atoms with Crippen LogP contribution in [0, 0.1) is 3.57 Å². The van der Waals surface area contributed by atoms with Gasteiger partial charge in [0, 0.05) is 9.77 Å². The Balaban J connectivity index is 1.62. The summed E-state index contributed by atoms with van der Waals surface area (Å²) in [5, 5.41) is 3.68. The van der Waals surface area contributed by atoms with Crippen molar-refractivity contribution in [2.45, 2.75) is 25.7 Å². The van der Waals surface area contributed by atoms with Crippen LogP contribution in [0.5, 0.6) is 0 Å². The molecule has 2 N–H and O–H groups in total. The number of carbonyl (C=O) groups excluding carboxylic acids is 1. The molecule has 1 aromatic carbocycles. The average molecular weight is 504 g/mol. The standard InChI is InChI=1S/C18H19ClIN3O4/c1-18(2)25-9-12(27-18)10-26-23-17(24)13-5-6-21-8-16(13)22-15-4-3-11(20)7-14(15)19/h3-8,12,22H,9-10H2,1-2H3,(H,23,24)/t12-/m1/s1. The van der Waals surface area contributed by atoms with Gasteiger partial charge in [-0.05, 0) is 60.7 Å². The highest BCUT2D eigenvalue weighted by Crippen LogP contribution is 2.28. The van der Waals surface area contributed by atoms with Crippen LogP contribution in [0.15, 0.2) is 36.7 Å². The molecule has 9 heteroatoms. The van der Waals surface area contributed by atoms with Crippen molar-refractivity contribution in [2.24, 2.45) is 0 Å². The number of rotatable bonds is 6. The molecular formula is C18H19ClIN3O4. The zero-order chi connectivity index (χ0) is 19.4. The zero-order valence-corrected chi connectivity index (χ0v) is 17.7. The van der Waals surface area contributed by atoms with E-state index in [1.54, 1.807) is 12.3 Å². The molecular weight excluding hydrogens is 485 g/mol. The van der Waals surface area contributed by atoms with Crippen LogP contribution in [0.2, 0.25) is 5.02 Å². The Bertz CT molecular complexity index is 834. The first kappa shape index (κ1) is 20.3. The van der Waals surface area contributed by atoms with Gasteiger partial charge < -0.3 is 14.8 Å². The number of aromatic nitrogens is 1. The molecule has 2 aromatic rings. The molecule has 0 spiro atoms. The Kier molecular flexibility index (Phi) is 6.53. The quantitative estimate of drug-likeness (QED) is 0.460. The third kappa shape index (κ3) is 5.52. The number of hydroxylamine groups is 1. The van der Waals surface area contributed by atoms with Gasteiger partial charge in [0.25, 0.3) is 5.91 Å². The number of amides is 1. The van der Waals surface area contributed by atoms with E-state index in [0.29, 0.717) is 28.6 Å². The number of pyridine rings is 1. The summed E-state index contributed by atoms with van der Waals surface area (Å²) in [6, 6.07) is 7.18. The third-order valence-electron chi connectivity index (χ3n) is 3.77. The highest BCUT2D eigenvalue weighted by Gasteiger charge is 2.32. The van der Waals surface area contributed by atoms with Gasteiger partial charge in [-0.2, -0.15) is 0 Å². The van der Waals surface area contributed by atoms with Crippen molar-refractivity contribution in [3.05, 3.63) is 50.8 Å². The predicted octanol–water partition coefficient (Wildman–Crippen LogP) is 3.90. The predicted molar refractivity (Wildman–Crippen MR) is 110 cm³/mol. The molecule has 1 atom stereocenters. The normalized spacial score (nSPS) is 18.3. The van der Waals surface area contributed by atoms with Gasteiger partial charge in [-0.3, -0.25) is 14.6 Å². The van der Waals surface area contributed by atoms with E-state index in [1.165, 1.54) is 6.20 Å². The lowest BCUT2D eigenvalue weighted by Crippen LogP contribution is -2.30. The number of nitrogens with one attached hydrogen (secondary N) is 2. The number of hydrogen-bond acceptors (Lipinski definition) is 6. The van der Waals surface area contributed by atoms with E-state index in [0.717, 1.165) is 3.57 Å². The number of ether oxygens (including phenoxy) is 2. The van der Waals surface area contributed by atoms with Gasteiger partial charge in [0.05, 0.1) is 34.8 Å². The monoisotopic (exact) mass is 503 g/mol. The summed E-state index contributed by atoms with van der Waals surface area (Å²) in [5.41, 5.74) is 4.00. The van der Waals surface area contributed by atoms with Crippen molar-refractivity contribution < 1.29 is 19.1 Å².